The van der Waals surface area contributed by atoms with Gasteiger partial charge in [0.2, 0.25) is 0 Å². The summed E-state index contributed by atoms with van der Waals surface area (Å²) in [4.78, 5) is 38.5. The van der Waals surface area contributed by atoms with Gasteiger partial charge in [-0.25, -0.2) is 9.59 Å². The van der Waals surface area contributed by atoms with E-state index in [4.69, 9.17) is 4.74 Å². The quantitative estimate of drug-likeness (QED) is 0.396. The number of aliphatic carboxylic acids is 1. The Bertz CT molecular complexity index is 1280. The highest BCUT2D eigenvalue weighted by Gasteiger charge is 2.34. The average molecular weight is 582 g/mol. The van der Waals surface area contributed by atoms with Gasteiger partial charge in [0.05, 0.1) is 0 Å². The minimum absolute atomic E-state index is 0.0516. The number of amides is 2. The second-order valence-corrected chi connectivity index (χ2v) is 9.92. The van der Waals surface area contributed by atoms with E-state index in [0.717, 1.165) is 25.8 Å². The normalized spacial score (nSPS) is 16.5. The predicted octanol–water partition coefficient (Wildman–Crippen LogP) is 5.34. The van der Waals surface area contributed by atoms with Crippen molar-refractivity contribution < 1.29 is 24.2 Å². The fourth-order valence-electron chi connectivity index (χ4n) is 4.97. The van der Waals surface area contributed by atoms with Crippen LogP contribution in [0.5, 0.6) is 0 Å². The maximum Gasteiger partial charge on any atom is 0.411 e. The summed E-state index contributed by atoms with van der Waals surface area (Å²) in [5, 5.41) is 12.1. The fourth-order valence-corrected chi connectivity index (χ4v) is 5.64. The first kappa shape index (κ1) is 23.3. The Morgan fingerprint density at radius 1 is 1.00 bits per heavy atom. The summed E-state index contributed by atoms with van der Waals surface area (Å²) in [6.45, 7) is 0.583. The number of anilines is 1. The lowest BCUT2D eigenvalue weighted by Crippen LogP contribution is -2.40. The number of carbonyl (C=O) groups is 3. The van der Waals surface area contributed by atoms with Gasteiger partial charge in [-0.2, -0.15) is 0 Å². The van der Waals surface area contributed by atoms with Crippen LogP contribution in [0.1, 0.15) is 40.2 Å². The molecule has 1 heterocycles. The summed E-state index contributed by atoms with van der Waals surface area (Å²) in [5.41, 5.74) is 5.31. The summed E-state index contributed by atoms with van der Waals surface area (Å²) < 4.78 is 6.35. The number of hydrogen-bond acceptors (Lipinski definition) is 4. The van der Waals surface area contributed by atoms with Crippen LogP contribution in [0.15, 0.2) is 66.7 Å². The fraction of sp³-hybridized carbons (Fsp3) is 0.222. The van der Waals surface area contributed by atoms with Crippen LogP contribution in [0.2, 0.25) is 0 Å². The lowest BCUT2D eigenvalue weighted by molar-refractivity contribution is -0.141. The van der Waals surface area contributed by atoms with E-state index in [9.17, 15) is 19.5 Å². The molecule has 0 radical (unpaired) electrons. The summed E-state index contributed by atoms with van der Waals surface area (Å²) in [6.07, 6.45) is 0.477. The Morgan fingerprint density at radius 3 is 2.31 bits per heavy atom. The van der Waals surface area contributed by atoms with Gasteiger partial charge in [-0.3, -0.25) is 10.1 Å². The zero-order valence-corrected chi connectivity index (χ0v) is 20.9. The molecule has 1 fully saturated rings. The third kappa shape index (κ3) is 4.62. The molecule has 0 bridgehead atoms. The van der Waals surface area contributed by atoms with Crippen molar-refractivity contribution in [1.82, 2.24) is 4.90 Å². The minimum Gasteiger partial charge on any atom is -0.480 e. The largest absolute Gasteiger partial charge is 0.480 e. The van der Waals surface area contributed by atoms with Gasteiger partial charge < -0.3 is 14.7 Å². The van der Waals surface area contributed by atoms with Crippen molar-refractivity contribution >= 4 is 46.2 Å². The van der Waals surface area contributed by atoms with Crippen LogP contribution in [0.4, 0.5) is 10.5 Å². The molecular weight excluding hydrogens is 559 g/mol. The van der Waals surface area contributed by atoms with Crippen LogP contribution in [0.3, 0.4) is 0 Å². The van der Waals surface area contributed by atoms with Crippen molar-refractivity contribution in [2.75, 3.05) is 18.5 Å². The van der Waals surface area contributed by atoms with E-state index in [1.165, 1.54) is 4.90 Å². The Labute approximate surface area is 216 Å². The first-order valence-electron chi connectivity index (χ1n) is 11.4. The zero-order valence-electron chi connectivity index (χ0n) is 18.7. The van der Waals surface area contributed by atoms with Crippen molar-refractivity contribution in [2.45, 2.75) is 24.8 Å². The number of carbonyl (C=O) groups excluding carboxylic acids is 2. The summed E-state index contributed by atoms with van der Waals surface area (Å²) in [5.74, 6) is -1.41. The zero-order chi connectivity index (χ0) is 24.5. The first-order valence-corrected chi connectivity index (χ1v) is 12.5. The maximum atomic E-state index is 13.0. The molecule has 0 unspecified atom stereocenters. The predicted molar refractivity (Wildman–Crippen MR) is 140 cm³/mol. The molecule has 178 valence electrons. The highest BCUT2D eigenvalue weighted by atomic mass is 127. The molecule has 0 saturated carbocycles. The van der Waals surface area contributed by atoms with Gasteiger partial charge in [-0.15, -0.1) is 0 Å². The number of carboxylic acid groups (broad SMARTS) is 1. The Kier molecular flexibility index (Phi) is 6.46. The molecule has 35 heavy (non-hydrogen) atoms. The summed E-state index contributed by atoms with van der Waals surface area (Å²) >= 11 is 2.07. The standard InChI is InChI=1S/C27H23IN2O5/c28-17-12-16(25(31)30-11-5-10-24(30)26(32)33)13-18(14-17)29-27(34)35-15-23-21-8-3-1-6-19(21)20-7-2-4-9-22(20)23/h1-4,6-9,12-14,23-24H,5,10-11,15H2,(H,29,34)(H,32,33)/t24-/m0/s1. The van der Waals surface area contributed by atoms with Gasteiger partial charge in [0.15, 0.2) is 0 Å². The van der Waals surface area contributed by atoms with Crippen LogP contribution < -0.4 is 5.32 Å². The molecule has 3 aromatic rings. The van der Waals surface area contributed by atoms with Gasteiger partial charge in [0, 0.05) is 27.3 Å². The number of likely N-dealkylation sites (tertiary alicyclic amines) is 1. The minimum atomic E-state index is -1.00. The monoisotopic (exact) mass is 582 g/mol. The van der Waals surface area contributed by atoms with Gasteiger partial charge >= 0.3 is 12.1 Å². The molecule has 2 N–H and O–H groups in total. The highest BCUT2D eigenvalue weighted by Crippen LogP contribution is 2.44. The number of nitrogens with zero attached hydrogens (tertiary/aromatic N) is 1. The Hall–Kier alpha value is -3.40. The molecule has 2 aliphatic rings. The molecule has 1 aliphatic heterocycles. The van der Waals surface area contributed by atoms with Crippen LogP contribution in [-0.2, 0) is 9.53 Å². The number of hydrogen-bond donors (Lipinski definition) is 2. The van der Waals surface area contributed by atoms with Crippen molar-refractivity contribution in [3.05, 3.63) is 87.0 Å². The smallest absolute Gasteiger partial charge is 0.411 e. The molecule has 1 saturated heterocycles. The Morgan fingerprint density at radius 2 is 1.66 bits per heavy atom. The molecule has 0 aromatic heterocycles. The van der Waals surface area contributed by atoms with E-state index in [2.05, 4.69) is 52.2 Å². The molecule has 7 nitrogen and oxygen atoms in total. The van der Waals surface area contributed by atoms with Crippen molar-refractivity contribution in [3.8, 4) is 11.1 Å². The van der Waals surface area contributed by atoms with Gasteiger partial charge in [-0.05, 0) is 75.9 Å². The number of benzene rings is 3. The van der Waals surface area contributed by atoms with Gasteiger partial charge in [0.25, 0.3) is 5.91 Å². The van der Waals surface area contributed by atoms with Crippen molar-refractivity contribution in [1.29, 1.82) is 0 Å². The molecule has 1 aliphatic carbocycles. The van der Waals surface area contributed by atoms with Crippen molar-refractivity contribution in [2.24, 2.45) is 0 Å². The summed E-state index contributed by atoms with van der Waals surface area (Å²) in [7, 11) is 0. The average Bonchev–Trinajstić information content (AvgIpc) is 3.45. The molecule has 8 heteroatoms. The molecule has 2 amide bonds. The highest BCUT2D eigenvalue weighted by molar-refractivity contribution is 14.1. The third-order valence-corrected chi connectivity index (χ3v) is 7.16. The number of carboxylic acids is 1. The number of fused-ring (bicyclic) bond motifs is 3. The molecule has 1 atom stereocenters. The lowest BCUT2D eigenvalue weighted by atomic mass is 9.98. The van der Waals surface area contributed by atoms with Gasteiger partial charge in [0.1, 0.15) is 12.6 Å². The lowest BCUT2D eigenvalue weighted by Gasteiger charge is -2.22. The van der Waals surface area contributed by atoms with E-state index in [0.29, 0.717) is 30.6 Å². The number of nitrogens with one attached hydrogen (secondary N) is 1. The van der Waals surface area contributed by atoms with Crippen LogP contribution in [0.25, 0.3) is 11.1 Å². The van der Waals surface area contributed by atoms with Crippen LogP contribution >= 0.6 is 22.6 Å². The second kappa shape index (κ2) is 9.69. The van der Waals surface area contributed by atoms with Crippen molar-refractivity contribution in [3.63, 3.8) is 0 Å². The van der Waals surface area contributed by atoms with E-state index in [1.54, 1.807) is 18.2 Å². The number of halogens is 1. The summed E-state index contributed by atoms with van der Waals surface area (Å²) in [6, 6.07) is 20.4. The van der Waals surface area contributed by atoms with Gasteiger partial charge in [-0.1, -0.05) is 48.5 Å². The third-order valence-electron chi connectivity index (χ3n) is 6.53. The SMILES string of the molecule is O=C(Nc1cc(I)cc(C(=O)N2CCC[C@H]2C(=O)O)c1)OCC1c2ccccc2-c2ccccc21. The van der Waals surface area contributed by atoms with Crippen LogP contribution in [-0.4, -0.2) is 47.2 Å². The first-order chi connectivity index (χ1) is 16.9. The topological polar surface area (TPSA) is 95.9 Å². The van der Waals surface area contributed by atoms with E-state index >= 15 is 0 Å². The second-order valence-electron chi connectivity index (χ2n) is 8.67. The maximum absolute atomic E-state index is 13.0. The number of rotatable bonds is 5. The Balaban J connectivity index is 1.28. The van der Waals surface area contributed by atoms with Crippen LogP contribution in [0, 0.1) is 3.57 Å². The van der Waals surface area contributed by atoms with E-state index < -0.39 is 18.1 Å². The molecule has 3 aromatic carbocycles. The van der Waals surface area contributed by atoms with E-state index in [1.807, 2.05) is 24.3 Å². The number of ether oxygens (including phenoxy) is 1. The van der Waals surface area contributed by atoms with E-state index in [-0.39, 0.29) is 18.4 Å². The molecule has 0 spiro atoms. The molecule has 5 rings (SSSR count). The molecular formula is C27H23IN2O5.